The van der Waals surface area contributed by atoms with Gasteiger partial charge in [0.2, 0.25) is 0 Å². The van der Waals surface area contributed by atoms with Crippen LogP contribution in [0.4, 0.5) is 0 Å². The highest BCUT2D eigenvalue weighted by atomic mass is 32.1. The molecule has 7 heteroatoms. The van der Waals surface area contributed by atoms with Crippen molar-refractivity contribution in [2.45, 2.75) is 39.3 Å². The Balaban J connectivity index is 1.32. The second kappa shape index (κ2) is 12.4. The van der Waals surface area contributed by atoms with E-state index < -0.39 is 6.10 Å². The number of aryl methyl sites for hydroxylation is 2. The van der Waals surface area contributed by atoms with Crippen LogP contribution in [-0.4, -0.2) is 78.4 Å². The Labute approximate surface area is 184 Å². The van der Waals surface area contributed by atoms with E-state index in [0.717, 1.165) is 70.1 Å². The Bertz CT molecular complexity index is 746. The minimum absolute atomic E-state index is 0.332. The van der Waals surface area contributed by atoms with Crippen LogP contribution in [0.25, 0.3) is 0 Å². The molecule has 3 rings (SSSR count). The van der Waals surface area contributed by atoms with Crippen molar-refractivity contribution in [1.82, 2.24) is 20.1 Å². The van der Waals surface area contributed by atoms with Gasteiger partial charge in [0.05, 0.1) is 11.2 Å². The molecule has 1 aromatic heterocycles. The van der Waals surface area contributed by atoms with Crippen molar-refractivity contribution in [3.8, 4) is 5.75 Å². The van der Waals surface area contributed by atoms with Crippen molar-refractivity contribution in [1.29, 1.82) is 0 Å². The van der Waals surface area contributed by atoms with E-state index in [1.807, 2.05) is 17.6 Å². The molecule has 6 nitrogen and oxygen atoms in total. The van der Waals surface area contributed by atoms with Crippen molar-refractivity contribution in [2.75, 3.05) is 52.4 Å². The zero-order chi connectivity index (χ0) is 21.2. The van der Waals surface area contributed by atoms with E-state index in [9.17, 15) is 5.11 Å². The number of β-amino-alcohol motifs (C(OH)–C–C–N with tert-alkyl or cyclic N) is 1. The minimum Gasteiger partial charge on any atom is -0.491 e. The standard InChI is InChI=1S/C23H36N4O2S/c1-3-26-10-12-27(13-11-26)16-21(28)17-29-22-7-4-6-20(14-22)15-24-9-5-8-23-19(2)25-18-30-23/h4,6-7,14,18,21,24,28H,3,5,8-13,15-17H2,1-2H3/t21-/m1/s1. The molecule has 1 fully saturated rings. The van der Waals surface area contributed by atoms with Crippen LogP contribution in [0.2, 0.25) is 0 Å². The van der Waals surface area contributed by atoms with Gasteiger partial charge in [-0.25, -0.2) is 4.98 Å². The average Bonchev–Trinajstić information content (AvgIpc) is 3.17. The molecular formula is C23H36N4O2S. The van der Waals surface area contributed by atoms with Gasteiger partial charge >= 0.3 is 0 Å². The summed E-state index contributed by atoms with van der Waals surface area (Å²) in [4.78, 5) is 10.5. The summed E-state index contributed by atoms with van der Waals surface area (Å²) in [6.45, 7) is 12.4. The predicted octanol–water partition coefficient (Wildman–Crippen LogP) is 2.55. The molecule has 2 heterocycles. The largest absolute Gasteiger partial charge is 0.491 e. The SMILES string of the molecule is CCN1CCN(C[C@@H](O)COc2cccc(CNCCCc3scnc3C)c2)CC1. The second-order valence-electron chi connectivity index (χ2n) is 7.99. The second-order valence-corrected chi connectivity index (χ2v) is 8.93. The number of likely N-dealkylation sites (N-methyl/N-ethyl adjacent to an activating group) is 1. The molecule has 0 aliphatic carbocycles. The fraction of sp³-hybridized carbons (Fsp3) is 0.609. The molecule has 1 atom stereocenters. The first-order valence-electron chi connectivity index (χ1n) is 11.1. The molecular weight excluding hydrogens is 396 g/mol. The first kappa shape index (κ1) is 23.2. The number of aliphatic hydroxyl groups is 1. The number of hydrogen-bond donors (Lipinski definition) is 2. The molecule has 0 amide bonds. The fourth-order valence-corrected chi connectivity index (χ4v) is 4.57. The number of hydrogen-bond acceptors (Lipinski definition) is 7. The fourth-order valence-electron chi connectivity index (χ4n) is 3.75. The lowest BCUT2D eigenvalue weighted by atomic mass is 10.2. The predicted molar refractivity (Wildman–Crippen MR) is 123 cm³/mol. The van der Waals surface area contributed by atoms with Crippen molar-refractivity contribution < 1.29 is 9.84 Å². The van der Waals surface area contributed by atoms with Gasteiger partial charge in [0.1, 0.15) is 18.5 Å². The van der Waals surface area contributed by atoms with Crippen LogP contribution >= 0.6 is 11.3 Å². The van der Waals surface area contributed by atoms with Crippen molar-refractivity contribution in [3.05, 3.63) is 45.9 Å². The van der Waals surface area contributed by atoms with E-state index >= 15 is 0 Å². The van der Waals surface area contributed by atoms with Crippen molar-refractivity contribution >= 4 is 11.3 Å². The number of thiazole rings is 1. The Morgan fingerprint density at radius 1 is 1.23 bits per heavy atom. The maximum atomic E-state index is 10.4. The third kappa shape index (κ3) is 7.63. The van der Waals surface area contributed by atoms with E-state index in [-0.39, 0.29) is 0 Å². The molecule has 0 bridgehead atoms. The van der Waals surface area contributed by atoms with Crippen molar-refractivity contribution in [2.24, 2.45) is 0 Å². The van der Waals surface area contributed by atoms with Crippen LogP contribution in [-0.2, 0) is 13.0 Å². The lowest BCUT2D eigenvalue weighted by Gasteiger charge is -2.34. The third-order valence-electron chi connectivity index (χ3n) is 5.65. The summed E-state index contributed by atoms with van der Waals surface area (Å²) in [7, 11) is 0. The average molecular weight is 433 g/mol. The zero-order valence-corrected chi connectivity index (χ0v) is 19.2. The Morgan fingerprint density at radius 3 is 2.77 bits per heavy atom. The molecule has 1 aromatic carbocycles. The van der Waals surface area contributed by atoms with Crippen LogP contribution in [0.1, 0.15) is 29.5 Å². The minimum atomic E-state index is -0.463. The maximum Gasteiger partial charge on any atom is 0.119 e. The summed E-state index contributed by atoms with van der Waals surface area (Å²) >= 11 is 1.74. The number of piperazine rings is 1. The maximum absolute atomic E-state index is 10.4. The lowest BCUT2D eigenvalue weighted by molar-refractivity contribution is 0.0471. The number of aliphatic hydroxyl groups excluding tert-OH is 1. The summed E-state index contributed by atoms with van der Waals surface area (Å²) < 4.78 is 5.86. The molecule has 30 heavy (non-hydrogen) atoms. The highest BCUT2D eigenvalue weighted by molar-refractivity contribution is 7.09. The highest BCUT2D eigenvalue weighted by Crippen LogP contribution is 2.15. The number of nitrogens with one attached hydrogen (secondary N) is 1. The topological polar surface area (TPSA) is 60.9 Å². The first-order chi connectivity index (χ1) is 14.6. The monoisotopic (exact) mass is 432 g/mol. The lowest BCUT2D eigenvalue weighted by Crippen LogP contribution is -2.49. The summed E-state index contributed by atoms with van der Waals surface area (Å²) in [6.07, 6.45) is 1.73. The van der Waals surface area contributed by atoms with E-state index in [2.05, 4.69) is 46.1 Å². The Kier molecular flexibility index (Phi) is 9.55. The summed E-state index contributed by atoms with van der Waals surface area (Å²) in [5.74, 6) is 0.824. The molecule has 0 radical (unpaired) electrons. The number of nitrogens with zero attached hydrogens (tertiary/aromatic N) is 3. The van der Waals surface area contributed by atoms with Crippen LogP contribution in [0.15, 0.2) is 29.8 Å². The molecule has 166 valence electrons. The van der Waals surface area contributed by atoms with Gasteiger partial charge in [0, 0.05) is 44.1 Å². The number of ether oxygens (including phenoxy) is 1. The number of benzene rings is 1. The quantitative estimate of drug-likeness (QED) is 0.503. The zero-order valence-electron chi connectivity index (χ0n) is 18.3. The smallest absolute Gasteiger partial charge is 0.119 e. The van der Waals surface area contributed by atoms with Gasteiger partial charge < -0.3 is 20.1 Å². The highest BCUT2D eigenvalue weighted by Gasteiger charge is 2.18. The van der Waals surface area contributed by atoms with Crippen molar-refractivity contribution in [3.63, 3.8) is 0 Å². The molecule has 1 saturated heterocycles. The van der Waals surface area contributed by atoms with Gasteiger partial charge in [0.15, 0.2) is 0 Å². The molecule has 2 aromatic rings. The van der Waals surface area contributed by atoms with E-state index in [4.69, 9.17) is 4.74 Å². The van der Waals surface area contributed by atoms with Gasteiger partial charge in [-0.1, -0.05) is 19.1 Å². The van der Waals surface area contributed by atoms with Gasteiger partial charge in [0.25, 0.3) is 0 Å². The summed E-state index contributed by atoms with van der Waals surface area (Å²) in [5.41, 5.74) is 4.29. The van der Waals surface area contributed by atoms with E-state index in [1.165, 1.54) is 10.4 Å². The van der Waals surface area contributed by atoms with E-state index in [1.54, 1.807) is 11.3 Å². The first-order valence-corrected chi connectivity index (χ1v) is 12.0. The third-order valence-corrected chi connectivity index (χ3v) is 6.65. The molecule has 2 N–H and O–H groups in total. The summed E-state index contributed by atoms with van der Waals surface area (Å²) in [6, 6.07) is 8.15. The molecule has 0 saturated carbocycles. The number of rotatable bonds is 12. The van der Waals surface area contributed by atoms with Crippen LogP contribution < -0.4 is 10.1 Å². The van der Waals surface area contributed by atoms with E-state index in [0.29, 0.717) is 13.2 Å². The van der Waals surface area contributed by atoms with Crippen LogP contribution in [0, 0.1) is 6.92 Å². The molecule has 1 aliphatic rings. The van der Waals surface area contributed by atoms with Gasteiger partial charge in [-0.15, -0.1) is 11.3 Å². The van der Waals surface area contributed by atoms with Crippen LogP contribution in [0.3, 0.4) is 0 Å². The van der Waals surface area contributed by atoms with Gasteiger partial charge in [-0.2, -0.15) is 0 Å². The number of aromatic nitrogens is 1. The Morgan fingerprint density at radius 2 is 2.03 bits per heavy atom. The normalized spacial score (nSPS) is 16.6. The Hall–Kier alpha value is -1.51. The summed E-state index contributed by atoms with van der Waals surface area (Å²) in [5, 5.41) is 13.9. The molecule has 0 unspecified atom stereocenters. The van der Waals surface area contributed by atoms with Gasteiger partial charge in [-0.05, 0) is 50.6 Å². The molecule has 0 spiro atoms. The molecule has 1 aliphatic heterocycles. The van der Waals surface area contributed by atoms with Crippen LogP contribution in [0.5, 0.6) is 5.75 Å². The van der Waals surface area contributed by atoms with Gasteiger partial charge in [-0.3, -0.25) is 4.90 Å².